The van der Waals surface area contributed by atoms with Crippen LogP contribution in [0.1, 0.15) is 98.8 Å². The van der Waals surface area contributed by atoms with E-state index >= 15 is 0 Å². The van der Waals surface area contributed by atoms with Crippen molar-refractivity contribution < 1.29 is 17.1 Å². The first-order valence-electron chi connectivity index (χ1n) is 16.1. The zero-order valence-corrected chi connectivity index (χ0v) is 26.8. The van der Waals surface area contributed by atoms with Crippen LogP contribution in [-0.4, -0.2) is 0 Å². The molecule has 0 amide bonds. The molecule has 4 saturated carbocycles. The molecular formula is C39H52Fe+2. The number of fused-ring (bicyclic) bond motifs is 5. The predicted molar refractivity (Wildman–Crippen MR) is 166 cm³/mol. The SMILES string of the molecule is CC(C)CCC[C@@H](C)[C@H]1CC[C@H]2[C@@H]3CC=C4C=C(C#C[C]5[CH][CH][CH][CH]5)CC[C@]4(C)[C@H]3CC[C@]12C.[CH]1[CH][CH][CH][CH]1.[Fe+2]. The molecule has 0 aromatic rings. The van der Waals surface area contributed by atoms with Crippen LogP contribution in [0.3, 0.4) is 0 Å². The van der Waals surface area contributed by atoms with Crippen molar-refractivity contribution >= 4 is 0 Å². The number of rotatable bonds is 5. The van der Waals surface area contributed by atoms with Gasteiger partial charge in [0.05, 0.1) is 5.92 Å². The van der Waals surface area contributed by atoms with Crippen LogP contribution < -0.4 is 0 Å². The summed E-state index contributed by atoms with van der Waals surface area (Å²) in [6.07, 6.45) is 37.4. The predicted octanol–water partition coefficient (Wildman–Crippen LogP) is 9.99. The maximum atomic E-state index is 3.50. The minimum atomic E-state index is 0. The first-order chi connectivity index (χ1) is 18.8. The molecule has 10 radical (unpaired) electrons. The van der Waals surface area contributed by atoms with Gasteiger partial charge in [-0.3, -0.25) is 0 Å². The van der Waals surface area contributed by atoms with Gasteiger partial charge >= 0.3 is 17.1 Å². The summed E-state index contributed by atoms with van der Waals surface area (Å²) in [5, 5.41) is 0. The maximum absolute atomic E-state index is 3.50. The Morgan fingerprint density at radius 3 is 2.20 bits per heavy atom. The number of allylic oxidation sites excluding steroid dienone is 4. The van der Waals surface area contributed by atoms with Crippen LogP contribution in [0.4, 0.5) is 0 Å². The summed E-state index contributed by atoms with van der Waals surface area (Å²) in [7, 11) is 0. The van der Waals surface area contributed by atoms with E-state index in [9.17, 15) is 0 Å². The molecular weight excluding hydrogens is 524 g/mol. The first kappa shape index (κ1) is 32.5. The van der Waals surface area contributed by atoms with E-state index in [2.05, 4.69) is 84.3 Å². The molecule has 4 fully saturated rings. The molecule has 0 saturated heterocycles. The Kier molecular flexibility index (Phi) is 11.7. The zero-order chi connectivity index (χ0) is 27.5. The molecule has 0 bridgehead atoms. The van der Waals surface area contributed by atoms with Gasteiger partial charge < -0.3 is 0 Å². The topological polar surface area (TPSA) is 0 Å². The molecule has 1 heteroatoms. The minimum absolute atomic E-state index is 0. The van der Waals surface area contributed by atoms with Crippen molar-refractivity contribution in [3.05, 3.63) is 87.0 Å². The average molecular weight is 577 g/mol. The molecule has 0 aromatic carbocycles. The molecule has 0 nitrogen and oxygen atoms in total. The van der Waals surface area contributed by atoms with E-state index in [1.807, 2.05) is 32.1 Å². The molecule has 214 valence electrons. The van der Waals surface area contributed by atoms with Crippen molar-refractivity contribution in [2.24, 2.45) is 46.3 Å². The third-order valence-electron chi connectivity index (χ3n) is 11.6. The quantitative estimate of drug-likeness (QED) is 0.226. The Morgan fingerprint density at radius 1 is 0.825 bits per heavy atom. The Morgan fingerprint density at radius 2 is 1.52 bits per heavy atom. The summed E-state index contributed by atoms with van der Waals surface area (Å²) in [5.74, 6) is 13.5. The molecule has 6 rings (SSSR count). The summed E-state index contributed by atoms with van der Waals surface area (Å²) >= 11 is 0. The molecule has 6 aliphatic carbocycles. The van der Waals surface area contributed by atoms with Gasteiger partial charge in [-0.15, -0.1) is 0 Å². The molecule has 40 heavy (non-hydrogen) atoms. The van der Waals surface area contributed by atoms with Gasteiger partial charge in [-0.2, -0.15) is 0 Å². The van der Waals surface area contributed by atoms with Crippen molar-refractivity contribution in [3.63, 3.8) is 0 Å². The maximum Gasteiger partial charge on any atom is 2.00 e. The van der Waals surface area contributed by atoms with E-state index in [1.54, 1.807) is 5.57 Å². The monoisotopic (exact) mass is 576 g/mol. The Bertz CT molecular complexity index is 926. The van der Waals surface area contributed by atoms with Crippen molar-refractivity contribution in [2.75, 3.05) is 0 Å². The van der Waals surface area contributed by atoms with Gasteiger partial charge in [-0.25, -0.2) is 0 Å². The Balaban J connectivity index is 0.000000557. The summed E-state index contributed by atoms with van der Waals surface area (Å²) in [6, 6.07) is 0. The molecule has 0 aromatic heterocycles. The van der Waals surface area contributed by atoms with Gasteiger partial charge in [0.2, 0.25) is 0 Å². The van der Waals surface area contributed by atoms with Crippen molar-refractivity contribution in [1.29, 1.82) is 0 Å². The zero-order valence-electron chi connectivity index (χ0n) is 25.7. The average Bonchev–Trinajstić information content (AvgIpc) is 3.70. The van der Waals surface area contributed by atoms with Crippen LogP contribution in [0, 0.1) is 122 Å². The van der Waals surface area contributed by atoms with Gasteiger partial charge in [-0.05, 0) is 161 Å². The second-order valence-electron chi connectivity index (χ2n) is 14.3. The molecule has 0 heterocycles. The van der Waals surface area contributed by atoms with E-state index < -0.39 is 0 Å². The van der Waals surface area contributed by atoms with Crippen LogP contribution in [0.15, 0.2) is 23.3 Å². The normalized spacial score (nSPS) is 37.5. The summed E-state index contributed by atoms with van der Waals surface area (Å²) in [4.78, 5) is 0. The molecule has 0 aliphatic heterocycles. The second kappa shape index (κ2) is 14.4. The van der Waals surface area contributed by atoms with Gasteiger partial charge in [-0.1, -0.05) is 71.8 Å². The second-order valence-corrected chi connectivity index (χ2v) is 14.3. The van der Waals surface area contributed by atoms with Crippen LogP contribution >= 0.6 is 0 Å². The minimum Gasteiger partial charge on any atom is -0.0892 e. The summed E-state index contributed by atoms with van der Waals surface area (Å²) in [6.45, 7) is 12.7. The van der Waals surface area contributed by atoms with Crippen LogP contribution in [-0.2, 0) is 17.1 Å². The van der Waals surface area contributed by atoms with Crippen molar-refractivity contribution in [1.82, 2.24) is 0 Å². The fraction of sp³-hybridized carbons (Fsp3) is 0.590. The van der Waals surface area contributed by atoms with E-state index in [0.717, 1.165) is 47.8 Å². The van der Waals surface area contributed by atoms with Gasteiger partial charge in [0.25, 0.3) is 0 Å². The van der Waals surface area contributed by atoms with Gasteiger partial charge in [0.15, 0.2) is 0 Å². The first-order valence-corrected chi connectivity index (χ1v) is 16.1. The Labute approximate surface area is 260 Å². The molecule has 0 unspecified atom stereocenters. The van der Waals surface area contributed by atoms with Crippen molar-refractivity contribution in [2.45, 2.75) is 98.8 Å². The third kappa shape index (κ3) is 7.02. The van der Waals surface area contributed by atoms with Gasteiger partial charge in [0, 0.05) is 5.57 Å². The van der Waals surface area contributed by atoms with Crippen LogP contribution in [0.5, 0.6) is 0 Å². The molecule has 0 spiro atoms. The standard InChI is InChI=1S/C34H47.C5H5.Fe/c1-24(2)9-8-10-25(3)30-17-18-31-29-16-15-28-23-27(14-13-26-11-6-7-12-26)19-21-33(28,4)32(29)20-22-34(30,31)5;1-2-4-5-3-1;/h6-7,11-12,15,23-25,29-32H,8-10,16-22H2,1-5H3;1-5H;/q;;+2/t25-,29+,30-,31+,32+,33+,34-;;/m1../s1. The fourth-order valence-corrected chi connectivity index (χ4v) is 9.38. The van der Waals surface area contributed by atoms with E-state index in [-0.39, 0.29) is 17.1 Å². The summed E-state index contributed by atoms with van der Waals surface area (Å²) in [5.41, 5.74) is 3.92. The number of hydrogen-bond donors (Lipinski definition) is 0. The van der Waals surface area contributed by atoms with E-state index in [4.69, 9.17) is 0 Å². The van der Waals surface area contributed by atoms with Crippen LogP contribution in [0.2, 0.25) is 0 Å². The molecule has 6 aliphatic rings. The third-order valence-corrected chi connectivity index (χ3v) is 11.6. The smallest absolute Gasteiger partial charge is 0.0892 e. The number of hydrogen-bond acceptors (Lipinski definition) is 0. The molecule has 0 N–H and O–H groups in total. The van der Waals surface area contributed by atoms with Crippen molar-refractivity contribution in [3.8, 4) is 11.8 Å². The summed E-state index contributed by atoms with van der Waals surface area (Å²) < 4.78 is 0. The molecule has 7 atom stereocenters. The largest absolute Gasteiger partial charge is 2.00 e. The van der Waals surface area contributed by atoms with Gasteiger partial charge in [0.1, 0.15) is 0 Å². The van der Waals surface area contributed by atoms with E-state index in [0.29, 0.717) is 10.8 Å². The van der Waals surface area contributed by atoms with Crippen LogP contribution in [0.25, 0.3) is 0 Å². The fourth-order valence-electron chi connectivity index (χ4n) is 9.38. The Hall–Kier alpha value is -0.441. The van der Waals surface area contributed by atoms with E-state index in [1.165, 1.54) is 63.4 Å².